The average molecular weight is 440 g/mol. The Hall–Kier alpha value is -1.57. The Morgan fingerprint density at radius 2 is 1.22 bits per heavy atom. The number of benzene rings is 1. The number of hydrogen-bond acceptors (Lipinski definition) is 0. The van der Waals surface area contributed by atoms with E-state index >= 15 is 0 Å². The quantitative estimate of drug-likeness (QED) is 0.144. The zero-order valence-corrected chi connectivity index (χ0v) is 21.4. The monoisotopic (exact) mass is 439 g/mol. The highest BCUT2D eigenvalue weighted by molar-refractivity contribution is 5.14. The Balaban J connectivity index is 1.68. The maximum atomic E-state index is 2.56. The molecule has 2 nitrogen and oxygen atoms in total. The van der Waals surface area contributed by atoms with Crippen molar-refractivity contribution in [1.82, 2.24) is 4.57 Å². The van der Waals surface area contributed by atoms with Gasteiger partial charge in [-0.2, -0.15) is 0 Å². The molecule has 0 saturated heterocycles. The number of hydrogen-bond donors (Lipinski definition) is 0. The molecule has 1 aromatic heterocycles. The molecule has 0 radical (unpaired) electrons. The second kappa shape index (κ2) is 17.9. The molecule has 0 aliphatic heterocycles. The van der Waals surface area contributed by atoms with E-state index < -0.39 is 0 Å². The number of nitrogens with zero attached hydrogens (tertiary/aromatic N) is 2. The van der Waals surface area contributed by atoms with Crippen LogP contribution in [0.25, 0.3) is 0 Å². The van der Waals surface area contributed by atoms with E-state index in [9.17, 15) is 0 Å². The van der Waals surface area contributed by atoms with E-state index in [1.165, 1.54) is 121 Å². The van der Waals surface area contributed by atoms with Crippen LogP contribution in [0.5, 0.6) is 0 Å². The van der Waals surface area contributed by atoms with Crippen LogP contribution in [0.15, 0.2) is 42.7 Å². The molecule has 2 heteroatoms. The van der Waals surface area contributed by atoms with Crippen LogP contribution in [0, 0.1) is 0 Å². The third-order valence-electron chi connectivity index (χ3n) is 6.80. The van der Waals surface area contributed by atoms with Crippen molar-refractivity contribution in [2.45, 2.75) is 136 Å². The predicted molar refractivity (Wildman–Crippen MR) is 139 cm³/mol. The van der Waals surface area contributed by atoms with Crippen LogP contribution < -0.4 is 4.57 Å². The van der Waals surface area contributed by atoms with Crippen LogP contribution in [0.1, 0.15) is 122 Å². The van der Waals surface area contributed by atoms with E-state index in [1.807, 2.05) is 0 Å². The largest absolute Gasteiger partial charge is 0.256 e. The predicted octanol–water partition coefficient (Wildman–Crippen LogP) is 8.45. The Bertz CT molecular complexity index is 673. The minimum absolute atomic E-state index is 1.14. The van der Waals surface area contributed by atoms with Gasteiger partial charge in [-0.3, -0.25) is 0 Å². The van der Waals surface area contributed by atoms with Crippen molar-refractivity contribution in [3.8, 4) is 0 Å². The summed E-state index contributed by atoms with van der Waals surface area (Å²) in [6.07, 6.45) is 27.8. The zero-order valence-electron chi connectivity index (χ0n) is 21.4. The molecule has 0 aliphatic rings. The topological polar surface area (TPSA) is 8.81 Å². The number of imidazole rings is 1. The van der Waals surface area contributed by atoms with Gasteiger partial charge < -0.3 is 0 Å². The second-order valence-corrected chi connectivity index (χ2v) is 9.68. The van der Waals surface area contributed by atoms with Gasteiger partial charge in [-0.25, -0.2) is 9.13 Å². The fourth-order valence-corrected chi connectivity index (χ4v) is 4.77. The molecule has 0 spiro atoms. The van der Waals surface area contributed by atoms with Crippen molar-refractivity contribution in [3.63, 3.8) is 0 Å². The summed E-state index contributed by atoms with van der Waals surface area (Å²) in [5.41, 5.74) is 1.46. The average Bonchev–Trinajstić information content (AvgIpc) is 3.20. The highest BCUT2D eigenvalue weighted by Crippen LogP contribution is 2.13. The van der Waals surface area contributed by atoms with Crippen molar-refractivity contribution >= 4 is 0 Å². The first kappa shape index (κ1) is 26.7. The molecule has 0 fully saturated rings. The summed E-state index contributed by atoms with van der Waals surface area (Å²) in [6, 6.07) is 10.9. The Labute approximate surface area is 199 Å². The lowest BCUT2D eigenvalue weighted by Crippen LogP contribution is -2.37. The van der Waals surface area contributed by atoms with Crippen LogP contribution >= 0.6 is 0 Å². The summed E-state index contributed by atoms with van der Waals surface area (Å²) in [4.78, 5) is 0. The van der Waals surface area contributed by atoms with Gasteiger partial charge in [-0.1, -0.05) is 115 Å². The number of aryl methyl sites for hydroxylation is 3. The lowest BCUT2D eigenvalue weighted by Gasteiger charge is -2.06. The summed E-state index contributed by atoms with van der Waals surface area (Å²) >= 11 is 0. The fraction of sp³-hybridized carbons (Fsp3) is 0.700. The molecule has 0 atom stereocenters. The molecule has 0 saturated carbocycles. The van der Waals surface area contributed by atoms with Gasteiger partial charge in [0.25, 0.3) is 5.82 Å². The van der Waals surface area contributed by atoms with Crippen molar-refractivity contribution < 1.29 is 4.57 Å². The SMILES string of the molecule is CCCCCCCCCCCCCn1cc[n+](CCCc2ccccc2)c1CCCCC. The third-order valence-corrected chi connectivity index (χ3v) is 6.80. The lowest BCUT2D eigenvalue weighted by molar-refractivity contribution is -0.704. The molecule has 0 N–H and O–H groups in total. The minimum Gasteiger partial charge on any atom is -0.234 e. The minimum atomic E-state index is 1.14. The van der Waals surface area contributed by atoms with Gasteiger partial charge in [-0.15, -0.1) is 0 Å². The fourth-order valence-electron chi connectivity index (χ4n) is 4.77. The van der Waals surface area contributed by atoms with E-state index in [4.69, 9.17) is 0 Å². The molecule has 1 aromatic carbocycles. The van der Waals surface area contributed by atoms with Crippen LogP contribution in [-0.2, 0) is 25.9 Å². The molecule has 32 heavy (non-hydrogen) atoms. The standard InChI is InChI=1S/C30H51N2/c1-3-5-7-8-9-10-11-12-13-14-19-25-31-27-28-32(30(31)24-16-6-4-2)26-20-23-29-21-17-15-18-22-29/h15,17-18,21-22,27-28H,3-14,16,19-20,23-26H2,1-2H3/q+1. The molecule has 0 aliphatic carbocycles. The van der Waals surface area contributed by atoms with E-state index in [0.717, 1.165) is 6.54 Å². The van der Waals surface area contributed by atoms with Gasteiger partial charge in [0.1, 0.15) is 12.4 Å². The molecule has 0 unspecified atom stereocenters. The molecule has 0 amide bonds. The lowest BCUT2D eigenvalue weighted by atomic mass is 10.1. The van der Waals surface area contributed by atoms with Gasteiger partial charge >= 0.3 is 0 Å². The smallest absolute Gasteiger partial charge is 0.234 e. The first-order valence-electron chi connectivity index (χ1n) is 14.0. The van der Waals surface area contributed by atoms with Gasteiger partial charge in [0.15, 0.2) is 0 Å². The molecule has 0 bridgehead atoms. The van der Waals surface area contributed by atoms with Crippen LogP contribution in [0.2, 0.25) is 0 Å². The summed E-state index contributed by atoms with van der Waals surface area (Å²) in [7, 11) is 0. The molecular formula is C30H51N2+. The number of rotatable bonds is 20. The van der Waals surface area contributed by atoms with Crippen LogP contribution in [-0.4, -0.2) is 4.57 Å². The maximum absolute atomic E-state index is 2.56. The summed E-state index contributed by atoms with van der Waals surface area (Å²) in [5.74, 6) is 1.55. The van der Waals surface area contributed by atoms with Gasteiger partial charge in [0.05, 0.1) is 13.1 Å². The Morgan fingerprint density at radius 3 is 1.88 bits per heavy atom. The van der Waals surface area contributed by atoms with Gasteiger partial charge in [0.2, 0.25) is 0 Å². The third kappa shape index (κ3) is 11.3. The van der Waals surface area contributed by atoms with E-state index in [0.29, 0.717) is 0 Å². The molecule has 180 valence electrons. The van der Waals surface area contributed by atoms with Crippen molar-refractivity contribution in [3.05, 3.63) is 54.1 Å². The van der Waals surface area contributed by atoms with Gasteiger partial charge in [0, 0.05) is 6.42 Å². The number of aromatic nitrogens is 2. The second-order valence-electron chi connectivity index (χ2n) is 9.68. The van der Waals surface area contributed by atoms with Crippen LogP contribution in [0.4, 0.5) is 0 Å². The van der Waals surface area contributed by atoms with Crippen LogP contribution in [0.3, 0.4) is 0 Å². The molecule has 2 rings (SSSR count). The van der Waals surface area contributed by atoms with Crippen molar-refractivity contribution in [2.24, 2.45) is 0 Å². The van der Waals surface area contributed by atoms with E-state index in [2.05, 4.69) is 65.7 Å². The summed E-state index contributed by atoms with van der Waals surface area (Å²) < 4.78 is 5.10. The van der Waals surface area contributed by atoms with Crippen molar-refractivity contribution in [1.29, 1.82) is 0 Å². The highest BCUT2D eigenvalue weighted by atomic mass is 15.1. The normalized spacial score (nSPS) is 11.3. The summed E-state index contributed by atoms with van der Waals surface area (Å²) in [5, 5.41) is 0. The Kier molecular flexibility index (Phi) is 14.9. The van der Waals surface area contributed by atoms with E-state index in [-0.39, 0.29) is 0 Å². The molecular weight excluding hydrogens is 388 g/mol. The highest BCUT2D eigenvalue weighted by Gasteiger charge is 2.16. The summed E-state index contributed by atoms with van der Waals surface area (Å²) in [6.45, 7) is 6.94. The van der Waals surface area contributed by atoms with E-state index in [1.54, 1.807) is 5.82 Å². The molecule has 2 aromatic rings. The zero-order chi connectivity index (χ0) is 22.7. The van der Waals surface area contributed by atoms with Gasteiger partial charge in [-0.05, 0) is 37.7 Å². The first-order chi connectivity index (χ1) is 15.8. The number of unbranched alkanes of at least 4 members (excludes halogenated alkanes) is 12. The Morgan fingerprint density at radius 1 is 0.625 bits per heavy atom. The maximum Gasteiger partial charge on any atom is 0.256 e. The molecule has 1 heterocycles. The first-order valence-corrected chi connectivity index (χ1v) is 14.0. The van der Waals surface area contributed by atoms with Crippen molar-refractivity contribution in [2.75, 3.05) is 0 Å².